The van der Waals surface area contributed by atoms with Crippen molar-refractivity contribution in [3.63, 3.8) is 0 Å². The second-order valence-corrected chi connectivity index (χ2v) is 8.35. The lowest BCUT2D eigenvalue weighted by molar-refractivity contribution is 0.603. The zero-order chi connectivity index (χ0) is 17.2. The molecule has 3 aromatic rings. The number of thiophene rings is 1. The van der Waals surface area contributed by atoms with E-state index in [2.05, 4.69) is 15.0 Å². The molecule has 0 saturated heterocycles. The lowest BCUT2D eigenvalue weighted by Crippen LogP contribution is -2.12. The largest absolute Gasteiger partial charge is 0.354 e. The van der Waals surface area contributed by atoms with Crippen molar-refractivity contribution < 1.29 is 8.42 Å². The first-order valence-corrected chi connectivity index (χ1v) is 9.74. The Kier molecular flexibility index (Phi) is 4.75. The van der Waals surface area contributed by atoms with Crippen molar-refractivity contribution in [3.8, 4) is 0 Å². The van der Waals surface area contributed by atoms with Gasteiger partial charge in [-0.1, -0.05) is 17.7 Å². The number of hydrogen-bond donors (Lipinski definition) is 2. The molecule has 8 heteroatoms. The molecule has 0 aliphatic heterocycles. The van der Waals surface area contributed by atoms with Crippen LogP contribution in [0.1, 0.15) is 5.56 Å². The highest BCUT2D eigenvalue weighted by Crippen LogP contribution is 2.24. The van der Waals surface area contributed by atoms with Gasteiger partial charge >= 0.3 is 0 Å². The van der Waals surface area contributed by atoms with Gasteiger partial charge in [-0.05, 0) is 54.3 Å². The fourth-order valence-corrected chi connectivity index (χ4v) is 4.28. The second kappa shape index (κ2) is 6.80. The molecule has 0 bridgehead atoms. The van der Waals surface area contributed by atoms with Crippen LogP contribution in [0.5, 0.6) is 0 Å². The molecule has 0 aliphatic rings. The highest BCUT2D eigenvalue weighted by Gasteiger charge is 2.15. The van der Waals surface area contributed by atoms with E-state index in [0.717, 1.165) is 28.3 Å². The number of aromatic nitrogens is 1. The number of pyridine rings is 1. The molecular formula is C16H14ClN3O2S2. The quantitative estimate of drug-likeness (QED) is 0.676. The van der Waals surface area contributed by atoms with Gasteiger partial charge in [0, 0.05) is 10.7 Å². The molecule has 2 N–H and O–H groups in total. The smallest absolute Gasteiger partial charge is 0.272 e. The fourth-order valence-electron chi connectivity index (χ4n) is 2.06. The Morgan fingerprint density at radius 1 is 1.17 bits per heavy atom. The number of aryl methyl sites for hydroxylation is 1. The van der Waals surface area contributed by atoms with E-state index in [9.17, 15) is 8.42 Å². The average molecular weight is 380 g/mol. The molecule has 0 fully saturated rings. The molecule has 3 rings (SSSR count). The third-order valence-electron chi connectivity index (χ3n) is 3.23. The molecule has 0 unspecified atom stereocenters. The molecule has 0 radical (unpaired) electrons. The van der Waals surface area contributed by atoms with E-state index in [1.54, 1.807) is 41.9 Å². The summed E-state index contributed by atoms with van der Waals surface area (Å²) < 4.78 is 27.0. The third-order valence-corrected chi connectivity index (χ3v) is 6.22. The van der Waals surface area contributed by atoms with Crippen LogP contribution in [0.3, 0.4) is 0 Å². The SMILES string of the molecule is Cc1cc(Cl)ccc1Nc1ccc(NS(=O)(=O)c2cccs2)nc1. The highest BCUT2D eigenvalue weighted by molar-refractivity contribution is 7.94. The summed E-state index contributed by atoms with van der Waals surface area (Å²) in [5.74, 6) is 0.266. The van der Waals surface area contributed by atoms with Gasteiger partial charge in [-0.3, -0.25) is 4.72 Å². The first kappa shape index (κ1) is 16.8. The molecule has 0 aliphatic carbocycles. The maximum atomic E-state index is 12.1. The van der Waals surface area contributed by atoms with Gasteiger partial charge in [0.05, 0.1) is 11.9 Å². The summed E-state index contributed by atoms with van der Waals surface area (Å²) in [6.45, 7) is 1.95. The van der Waals surface area contributed by atoms with Crippen molar-refractivity contribution in [1.82, 2.24) is 4.98 Å². The molecule has 1 aromatic carbocycles. The van der Waals surface area contributed by atoms with E-state index in [-0.39, 0.29) is 10.0 Å². The maximum Gasteiger partial charge on any atom is 0.272 e. The monoisotopic (exact) mass is 379 g/mol. The van der Waals surface area contributed by atoms with Gasteiger partial charge in [-0.15, -0.1) is 11.3 Å². The molecule has 0 saturated carbocycles. The van der Waals surface area contributed by atoms with Crippen LogP contribution in [0.2, 0.25) is 5.02 Å². The Bertz CT molecular complexity index is 940. The molecule has 5 nitrogen and oxygen atoms in total. The number of hydrogen-bond acceptors (Lipinski definition) is 5. The summed E-state index contributed by atoms with van der Waals surface area (Å²) in [4.78, 5) is 4.14. The minimum atomic E-state index is -3.58. The first-order valence-electron chi connectivity index (χ1n) is 6.99. The summed E-state index contributed by atoms with van der Waals surface area (Å²) in [5, 5.41) is 5.61. The summed E-state index contributed by atoms with van der Waals surface area (Å²) in [7, 11) is -3.58. The van der Waals surface area contributed by atoms with Crippen LogP contribution in [-0.4, -0.2) is 13.4 Å². The summed E-state index contributed by atoms with van der Waals surface area (Å²) in [6.07, 6.45) is 1.57. The van der Waals surface area contributed by atoms with Crippen molar-refractivity contribution in [2.24, 2.45) is 0 Å². The number of anilines is 3. The number of rotatable bonds is 5. The van der Waals surface area contributed by atoms with Gasteiger partial charge in [0.1, 0.15) is 10.0 Å². The fraction of sp³-hybridized carbons (Fsp3) is 0.0625. The van der Waals surface area contributed by atoms with Crippen LogP contribution in [-0.2, 0) is 10.0 Å². The van der Waals surface area contributed by atoms with Gasteiger partial charge in [-0.25, -0.2) is 13.4 Å². The Hall–Kier alpha value is -2.09. The van der Waals surface area contributed by atoms with E-state index in [0.29, 0.717) is 5.02 Å². The number of nitrogens with one attached hydrogen (secondary N) is 2. The molecule has 124 valence electrons. The van der Waals surface area contributed by atoms with Crippen LogP contribution in [0.15, 0.2) is 58.3 Å². The highest BCUT2D eigenvalue weighted by atomic mass is 35.5. The summed E-state index contributed by atoms with van der Waals surface area (Å²) in [5.41, 5.74) is 2.66. The lowest BCUT2D eigenvalue weighted by Gasteiger charge is -2.10. The van der Waals surface area contributed by atoms with Gasteiger partial charge in [-0.2, -0.15) is 0 Å². The average Bonchev–Trinajstić information content (AvgIpc) is 3.07. The van der Waals surface area contributed by atoms with Crippen molar-refractivity contribution >= 4 is 50.2 Å². The van der Waals surface area contributed by atoms with Gasteiger partial charge in [0.15, 0.2) is 0 Å². The van der Waals surface area contributed by atoms with Crippen molar-refractivity contribution in [2.45, 2.75) is 11.1 Å². The van der Waals surface area contributed by atoms with E-state index in [1.807, 2.05) is 19.1 Å². The normalized spacial score (nSPS) is 11.2. The van der Waals surface area contributed by atoms with Crippen LogP contribution < -0.4 is 10.0 Å². The van der Waals surface area contributed by atoms with Crippen LogP contribution in [0, 0.1) is 6.92 Å². The van der Waals surface area contributed by atoms with Gasteiger partial charge in [0.2, 0.25) is 0 Å². The number of benzene rings is 1. The molecule has 2 heterocycles. The zero-order valence-corrected chi connectivity index (χ0v) is 15.0. The summed E-state index contributed by atoms with van der Waals surface area (Å²) >= 11 is 7.10. The minimum Gasteiger partial charge on any atom is -0.354 e. The van der Waals surface area contributed by atoms with Crippen molar-refractivity contribution in [2.75, 3.05) is 10.0 Å². The lowest BCUT2D eigenvalue weighted by atomic mass is 10.2. The predicted octanol–water partition coefficient (Wildman–Crippen LogP) is 4.65. The molecular weight excluding hydrogens is 366 g/mol. The van der Waals surface area contributed by atoms with Crippen LogP contribution in [0.25, 0.3) is 0 Å². The molecule has 0 atom stereocenters. The van der Waals surface area contributed by atoms with Crippen molar-refractivity contribution in [3.05, 3.63) is 64.6 Å². The third kappa shape index (κ3) is 3.87. The summed E-state index contributed by atoms with van der Waals surface area (Å²) in [6, 6.07) is 12.1. The van der Waals surface area contributed by atoms with Crippen molar-refractivity contribution in [1.29, 1.82) is 0 Å². The Morgan fingerprint density at radius 3 is 2.62 bits per heavy atom. The first-order chi connectivity index (χ1) is 11.4. The Labute approximate surface area is 149 Å². The molecule has 0 spiro atoms. The molecule has 24 heavy (non-hydrogen) atoms. The zero-order valence-electron chi connectivity index (χ0n) is 12.7. The Balaban J connectivity index is 1.74. The standard InChI is InChI=1S/C16H14ClN3O2S2/c1-11-9-12(17)4-6-14(11)19-13-5-7-15(18-10-13)20-24(21,22)16-3-2-8-23-16/h2-10,19H,1H3,(H,18,20). The topological polar surface area (TPSA) is 71.1 Å². The van der Waals surface area contributed by atoms with Crippen LogP contribution >= 0.6 is 22.9 Å². The van der Waals surface area contributed by atoms with Crippen LogP contribution in [0.4, 0.5) is 17.2 Å². The number of halogens is 1. The predicted molar refractivity (Wildman–Crippen MR) is 98.8 cm³/mol. The molecule has 0 amide bonds. The maximum absolute atomic E-state index is 12.1. The van der Waals surface area contributed by atoms with E-state index < -0.39 is 10.0 Å². The number of sulfonamides is 1. The second-order valence-electron chi connectivity index (χ2n) is 5.05. The van der Waals surface area contributed by atoms with Gasteiger partial charge < -0.3 is 5.32 Å². The minimum absolute atomic E-state index is 0.253. The Morgan fingerprint density at radius 2 is 2.00 bits per heavy atom. The number of nitrogens with zero attached hydrogens (tertiary/aromatic N) is 1. The van der Waals surface area contributed by atoms with E-state index >= 15 is 0 Å². The molecule has 2 aromatic heterocycles. The van der Waals surface area contributed by atoms with E-state index in [1.165, 1.54) is 0 Å². The van der Waals surface area contributed by atoms with E-state index in [4.69, 9.17) is 11.6 Å². The van der Waals surface area contributed by atoms with Gasteiger partial charge in [0.25, 0.3) is 10.0 Å².